The SMILES string of the molecule is CCCCNc1nc(S(=O)(=O)Cc2ccccc2)nc2nc[nH]c12. The van der Waals surface area contributed by atoms with Gasteiger partial charge in [0.2, 0.25) is 9.84 Å². The van der Waals surface area contributed by atoms with E-state index in [9.17, 15) is 8.42 Å². The number of hydrogen-bond donors (Lipinski definition) is 2. The van der Waals surface area contributed by atoms with E-state index in [1.807, 2.05) is 6.07 Å². The smallest absolute Gasteiger partial charge is 0.251 e. The Kier molecular flexibility index (Phi) is 4.75. The van der Waals surface area contributed by atoms with Crippen molar-refractivity contribution in [2.24, 2.45) is 0 Å². The van der Waals surface area contributed by atoms with Gasteiger partial charge < -0.3 is 10.3 Å². The number of benzene rings is 1. The third-order valence-electron chi connectivity index (χ3n) is 3.57. The lowest BCUT2D eigenvalue weighted by atomic mass is 10.2. The Bertz CT molecular complexity index is 922. The molecule has 2 aromatic heterocycles. The van der Waals surface area contributed by atoms with Gasteiger partial charge in [0.25, 0.3) is 5.16 Å². The van der Waals surface area contributed by atoms with Crippen LogP contribution in [0.4, 0.5) is 5.82 Å². The second-order valence-corrected chi connectivity index (χ2v) is 7.36. The average Bonchev–Trinajstić information content (AvgIpc) is 3.04. The van der Waals surface area contributed by atoms with Crippen molar-refractivity contribution in [3.8, 4) is 0 Å². The van der Waals surface area contributed by atoms with Crippen molar-refractivity contribution in [2.75, 3.05) is 11.9 Å². The van der Waals surface area contributed by atoms with Gasteiger partial charge in [0, 0.05) is 6.54 Å². The molecule has 2 heterocycles. The number of unbranched alkanes of at least 4 members (excludes halogenated alkanes) is 1. The van der Waals surface area contributed by atoms with Crippen molar-refractivity contribution in [1.29, 1.82) is 0 Å². The van der Waals surface area contributed by atoms with Crippen molar-refractivity contribution in [3.05, 3.63) is 42.2 Å². The zero-order chi connectivity index (χ0) is 17.0. The number of nitrogens with zero attached hydrogens (tertiary/aromatic N) is 3. The lowest BCUT2D eigenvalue weighted by molar-refractivity contribution is 0.587. The molecule has 0 saturated heterocycles. The summed E-state index contributed by atoms with van der Waals surface area (Å²) < 4.78 is 25.3. The van der Waals surface area contributed by atoms with Gasteiger partial charge in [0.15, 0.2) is 11.5 Å². The average molecular weight is 345 g/mol. The van der Waals surface area contributed by atoms with E-state index in [0.29, 0.717) is 29.1 Å². The van der Waals surface area contributed by atoms with Gasteiger partial charge in [-0.15, -0.1) is 0 Å². The Morgan fingerprint density at radius 1 is 1.17 bits per heavy atom. The minimum absolute atomic E-state index is 0.141. The summed E-state index contributed by atoms with van der Waals surface area (Å²) in [6.45, 7) is 2.79. The summed E-state index contributed by atoms with van der Waals surface area (Å²) in [5.74, 6) is 0.329. The zero-order valence-electron chi connectivity index (χ0n) is 13.4. The summed E-state index contributed by atoms with van der Waals surface area (Å²) in [7, 11) is -3.65. The summed E-state index contributed by atoms with van der Waals surface area (Å²) in [6.07, 6.45) is 3.48. The number of hydrogen-bond acceptors (Lipinski definition) is 6. The van der Waals surface area contributed by atoms with E-state index in [1.54, 1.807) is 24.3 Å². The van der Waals surface area contributed by atoms with E-state index < -0.39 is 9.84 Å². The second-order valence-electron chi connectivity index (χ2n) is 5.48. The first-order chi connectivity index (χ1) is 11.6. The van der Waals surface area contributed by atoms with E-state index in [4.69, 9.17) is 0 Å². The van der Waals surface area contributed by atoms with Crippen LogP contribution in [0.1, 0.15) is 25.3 Å². The molecular weight excluding hydrogens is 326 g/mol. The van der Waals surface area contributed by atoms with E-state index >= 15 is 0 Å². The zero-order valence-corrected chi connectivity index (χ0v) is 14.2. The van der Waals surface area contributed by atoms with Crippen LogP contribution in [0.15, 0.2) is 41.8 Å². The molecule has 0 aliphatic carbocycles. The molecule has 3 aromatic rings. The molecule has 7 nitrogen and oxygen atoms in total. The highest BCUT2D eigenvalue weighted by atomic mass is 32.2. The lowest BCUT2D eigenvalue weighted by Crippen LogP contribution is -2.12. The lowest BCUT2D eigenvalue weighted by Gasteiger charge is -2.08. The number of aromatic amines is 1. The number of anilines is 1. The van der Waals surface area contributed by atoms with Crippen LogP contribution in [-0.2, 0) is 15.6 Å². The molecule has 0 bridgehead atoms. The van der Waals surface area contributed by atoms with Crippen LogP contribution in [0.25, 0.3) is 11.2 Å². The molecule has 3 rings (SSSR count). The van der Waals surface area contributed by atoms with Crippen molar-refractivity contribution in [2.45, 2.75) is 30.7 Å². The third kappa shape index (κ3) is 3.53. The summed E-state index contributed by atoms with van der Waals surface area (Å²) in [6, 6.07) is 8.99. The molecule has 126 valence electrons. The summed E-state index contributed by atoms with van der Waals surface area (Å²) >= 11 is 0. The number of aromatic nitrogens is 4. The molecular formula is C16H19N5O2S. The van der Waals surface area contributed by atoms with Crippen LogP contribution >= 0.6 is 0 Å². The molecule has 0 aliphatic heterocycles. The van der Waals surface area contributed by atoms with Gasteiger partial charge in [0.1, 0.15) is 5.52 Å². The molecule has 1 aromatic carbocycles. The molecule has 8 heteroatoms. The van der Waals surface area contributed by atoms with Crippen LogP contribution in [-0.4, -0.2) is 34.9 Å². The van der Waals surface area contributed by atoms with Gasteiger partial charge in [-0.25, -0.2) is 13.4 Å². The maximum Gasteiger partial charge on any atom is 0.251 e. The summed E-state index contributed by atoms with van der Waals surface area (Å²) in [4.78, 5) is 15.4. The Morgan fingerprint density at radius 3 is 2.71 bits per heavy atom. The van der Waals surface area contributed by atoms with E-state index in [0.717, 1.165) is 12.8 Å². The molecule has 0 aliphatic rings. The van der Waals surface area contributed by atoms with E-state index in [2.05, 4.69) is 32.2 Å². The Morgan fingerprint density at radius 2 is 1.96 bits per heavy atom. The summed E-state index contributed by atoms with van der Waals surface area (Å²) in [5.41, 5.74) is 1.66. The number of imidazole rings is 1. The third-order valence-corrected chi connectivity index (χ3v) is 5.02. The van der Waals surface area contributed by atoms with E-state index in [1.165, 1.54) is 6.33 Å². The quantitative estimate of drug-likeness (QED) is 0.504. The normalized spacial score (nSPS) is 11.7. The van der Waals surface area contributed by atoms with Crippen molar-refractivity contribution < 1.29 is 8.42 Å². The second kappa shape index (κ2) is 6.96. The largest absolute Gasteiger partial charge is 0.368 e. The Balaban J connectivity index is 1.96. The molecule has 0 atom stereocenters. The van der Waals surface area contributed by atoms with Gasteiger partial charge in [-0.2, -0.15) is 9.97 Å². The molecule has 0 saturated carbocycles. The first-order valence-corrected chi connectivity index (χ1v) is 9.47. The standard InChI is InChI=1S/C16H19N5O2S/c1-2-3-9-17-14-13-15(19-11-18-13)21-16(20-14)24(22,23)10-12-7-5-4-6-8-12/h4-8,11H,2-3,9-10H2,1H3,(H2,17,18,19,20,21). The molecule has 0 spiro atoms. The predicted octanol–water partition coefficient (Wildman–Crippen LogP) is 2.54. The van der Waals surface area contributed by atoms with Crippen molar-refractivity contribution in [1.82, 2.24) is 19.9 Å². The maximum atomic E-state index is 12.7. The van der Waals surface area contributed by atoms with Crippen LogP contribution < -0.4 is 5.32 Å². The summed E-state index contributed by atoms with van der Waals surface area (Å²) in [5, 5.41) is 2.96. The molecule has 24 heavy (non-hydrogen) atoms. The number of sulfone groups is 1. The number of rotatable bonds is 7. The highest BCUT2D eigenvalue weighted by Gasteiger charge is 2.22. The van der Waals surface area contributed by atoms with Gasteiger partial charge >= 0.3 is 0 Å². The first-order valence-electron chi connectivity index (χ1n) is 7.82. The minimum Gasteiger partial charge on any atom is -0.368 e. The molecule has 0 unspecified atom stereocenters. The van der Waals surface area contributed by atoms with Crippen LogP contribution in [0, 0.1) is 0 Å². The maximum absolute atomic E-state index is 12.7. The first kappa shape index (κ1) is 16.4. The van der Waals surface area contributed by atoms with Crippen LogP contribution in [0.5, 0.6) is 0 Å². The van der Waals surface area contributed by atoms with Crippen molar-refractivity contribution >= 4 is 26.8 Å². The topological polar surface area (TPSA) is 101 Å². The number of H-pyrrole nitrogens is 1. The van der Waals surface area contributed by atoms with Gasteiger partial charge in [-0.1, -0.05) is 43.7 Å². The Hall–Kier alpha value is -2.48. The minimum atomic E-state index is -3.65. The van der Waals surface area contributed by atoms with Crippen molar-refractivity contribution in [3.63, 3.8) is 0 Å². The monoisotopic (exact) mass is 345 g/mol. The fraction of sp³-hybridized carbons (Fsp3) is 0.312. The van der Waals surface area contributed by atoms with Crippen LogP contribution in [0.3, 0.4) is 0 Å². The van der Waals surface area contributed by atoms with E-state index in [-0.39, 0.29) is 10.9 Å². The molecule has 2 N–H and O–H groups in total. The molecule has 0 amide bonds. The fourth-order valence-corrected chi connectivity index (χ4v) is 3.54. The van der Waals surface area contributed by atoms with Crippen LogP contribution in [0.2, 0.25) is 0 Å². The molecule has 0 fully saturated rings. The number of fused-ring (bicyclic) bond motifs is 1. The molecule has 0 radical (unpaired) electrons. The number of nitrogens with one attached hydrogen (secondary N) is 2. The van der Waals surface area contributed by atoms with Gasteiger partial charge in [-0.3, -0.25) is 0 Å². The fourth-order valence-electron chi connectivity index (χ4n) is 2.32. The highest BCUT2D eigenvalue weighted by Crippen LogP contribution is 2.21. The van der Waals surface area contributed by atoms with Gasteiger partial charge in [-0.05, 0) is 12.0 Å². The predicted molar refractivity (Wildman–Crippen MR) is 92.4 cm³/mol. The Labute approximate surface area is 140 Å². The van der Waals surface area contributed by atoms with Gasteiger partial charge in [0.05, 0.1) is 12.1 Å². The highest BCUT2D eigenvalue weighted by molar-refractivity contribution is 7.90.